The Morgan fingerprint density at radius 2 is 1.93 bits per heavy atom. The molecule has 1 atom stereocenters. The van der Waals surface area contributed by atoms with Crippen molar-refractivity contribution in [1.82, 2.24) is 4.98 Å². The van der Waals surface area contributed by atoms with Gasteiger partial charge in [-0.1, -0.05) is 18.2 Å². The lowest BCUT2D eigenvalue weighted by Gasteiger charge is -2.21. The minimum atomic E-state index is -0.544. The molecule has 1 amide bonds. The smallest absolute Gasteiger partial charge is 0.291 e. The summed E-state index contributed by atoms with van der Waals surface area (Å²) in [4.78, 5) is 17.9. The second-order valence-corrected chi connectivity index (χ2v) is 8.15. The Morgan fingerprint density at radius 1 is 1.10 bits per heavy atom. The van der Waals surface area contributed by atoms with E-state index in [0.29, 0.717) is 16.4 Å². The molecule has 0 spiro atoms. The Kier molecular flexibility index (Phi) is 5.63. The standard InChI is InChI=1S/C23H20FN3O2S/c1-14-9-10-25-20(12-14)26-21(16-6-3-4-7-18(16)24)17-13-15(2)30-23(17)27-22(28)19-8-5-11-29-19/h3-13,21H,1-2H3,(H,25,26)(H,27,28)/t21-/m1/s1. The van der Waals surface area contributed by atoms with Crippen molar-refractivity contribution in [2.24, 2.45) is 0 Å². The molecule has 0 aliphatic carbocycles. The number of nitrogens with one attached hydrogen (secondary N) is 2. The van der Waals surface area contributed by atoms with E-state index >= 15 is 0 Å². The van der Waals surface area contributed by atoms with Crippen molar-refractivity contribution < 1.29 is 13.6 Å². The molecule has 3 heterocycles. The summed E-state index contributed by atoms with van der Waals surface area (Å²) >= 11 is 1.43. The molecule has 0 unspecified atom stereocenters. The van der Waals surface area contributed by atoms with Crippen molar-refractivity contribution in [3.63, 3.8) is 0 Å². The monoisotopic (exact) mass is 421 g/mol. The van der Waals surface area contributed by atoms with Crippen LogP contribution in [0.4, 0.5) is 15.2 Å². The summed E-state index contributed by atoms with van der Waals surface area (Å²) in [5, 5.41) is 6.87. The highest BCUT2D eigenvalue weighted by Gasteiger charge is 2.24. The first kappa shape index (κ1) is 19.8. The number of furan rings is 1. The van der Waals surface area contributed by atoms with Gasteiger partial charge >= 0.3 is 0 Å². The van der Waals surface area contributed by atoms with Crippen molar-refractivity contribution in [1.29, 1.82) is 0 Å². The fourth-order valence-corrected chi connectivity index (χ4v) is 4.16. The summed E-state index contributed by atoms with van der Waals surface area (Å²) in [5.41, 5.74) is 2.26. The van der Waals surface area contributed by atoms with E-state index in [1.165, 1.54) is 23.7 Å². The van der Waals surface area contributed by atoms with Gasteiger partial charge in [-0.25, -0.2) is 9.37 Å². The molecule has 1 aromatic carbocycles. The number of amides is 1. The second kappa shape index (κ2) is 8.51. The topological polar surface area (TPSA) is 67.2 Å². The molecule has 0 radical (unpaired) electrons. The Labute approximate surface area is 177 Å². The van der Waals surface area contributed by atoms with Crippen LogP contribution in [-0.4, -0.2) is 10.9 Å². The summed E-state index contributed by atoms with van der Waals surface area (Å²) in [6.07, 6.45) is 3.15. The van der Waals surface area contributed by atoms with E-state index in [2.05, 4.69) is 15.6 Å². The molecule has 4 rings (SSSR count). The predicted octanol–water partition coefficient (Wildman–Crippen LogP) is 5.95. The molecule has 30 heavy (non-hydrogen) atoms. The molecule has 2 N–H and O–H groups in total. The second-order valence-electron chi connectivity index (χ2n) is 6.89. The molecule has 3 aromatic heterocycles. The van der Waals surface area contributed by atoms with Gasteiger partial charge in [-0.15, -0.1) is 11.3 Å². The quantitative estimate of drug-likeness (QED) is 0.404. The van der Waals surface area contributed by atoms with Crippen LogP contribution in [0.15, 0.2) is 71.5 Å². The first-order valence-corrected chi connectivity index (χ1v) is 10.2. The Morgan fingerprint density at radius 3 is 2.67 bits per heavy atom. The average Bonchev–Trinajstić information content (AvgIpc) is 3.37. The lowest BCUT2D eigenvalue weighted by molar-refractivity contribution is 0.0997. The maximum absolute atomic E-state index is 14.8. The van der Waals surface area contributed by atoms with E-state index in [1.54, 1.807) is 36.5 Å². The molecule has 152 valence electrons. The third-order valence-corrected chi connectivity index (χ3v) is 5.57. The Hall–Kier alpha value is -3.45. The van der Waals surface area contributed by atoms with E-state index in [0.717, 1.165) is 16.0 Å². The van der Waals surface area contributed by atoms with Crippen molar-refractivity contribution in [2.75, 3.05) is 10.6 Å². The van der Waals surface area contributed by atoms with Gasteiger partial charge in [0.05, 0.1) is 12.3 Å². The van der Waals surface area contributed by atoms with Crippen LogP contribution in [0.3, 0.4) is 0 Å². The number of rotatable bonds is 6. The van der Waals surface area contributed by atoms with Gasteiger partial charge in [-0.3, -0.25) is 4.79 Å². The first-order chi connectivity index (χ1) is 14.5. The van der Waals surface area contributed by atoms with Crippen LogP contribution in [0.5, 0.6) is 0 Å². The van der Waals surface area contributed by atoms with Crippen LogP contribution >= 0.6 is 11.3 Å². The van der Waals surface area contributed by atoms with Crippen LogP contribution in [0.25, 0.3) is 0 Å². The number of thiophene rings is 1. The normalized spacial score (nSPS) is 11.8. The third-order valence-electron chi connectivity index (χ3n) is 4.59. The zero-order valence-corrected chi connectivity index (χ0v) is 17.3. The molecule has 0 saturated heterocycles. The number of anilines is 2. The number of halogens is 1. The maximum atomic E-state index is 14.8. The Bertz CT molecular complexity index is 1170. The highest BCUT2D eigenvalue weighted by atomic mass is 32.1. The van der Waals surface area contributed by atoms with Gasteiger partial charge in [-0.2, -0.15) is 0 Å². The molecule has 4 aromatic rings. The number of hydrogen-bond acceptors (Lipinski definition) is 5. The molecule has 5 nitrogen and oxygen atoms in total. The molecule has 0 fully saturated rings. The maximum Gasteiger partial charge on any atom is 0.291 e. The minimum Gasteiger partial charge on any atom is -0.459 e. The van der Waals surface area contributed by atoms with Crippen LogP contribution in [0, 0.1) is 19.7 Å². The van der Waals surface area contributed by atoms with Crippen LogP contribution in [0.1, 0.15) is 38.2 Å². The fourth-order valence-electron chi connectivity index (χ4n) is 3.21. The van der Waals surface area contributed by atoms with Gasteiger partial charge in [0, 0.05) is 22.2 Å². The zero-order valence-electron chi connectivity index (χ0n) is 16.5. The molecule has 0 aliphatic heterocycles. The first-order valence-electron chi connectivity index (χ1n) is 9.40. The lowest BCUT2D eigenvalue weighted by atomic mass is 9.99. The summed E-state index contributed by atoms with van der Waals surface area (Å²) in [7, 11) is 0. The highest BCUT2D eigenvalue weighted by molar-refractivity contribution is 7.16. The van der Waals surface area contributed by atoms with Crippen LogP contribution < -0.4 is 10.6 Å². The molecule has 0 bridgehead atoms. The summed E-state index contributed by atoms with van der Waals surface area (Å²) < 4.78 is 20.0. The third kappa shape index (κ3) is 4.26. The van der Waals surface area contributed by atoms with Crippen LogP contribution in [-0.2, 0) is 0 Å². The van der Waals surface area contributed by atoms with Crippen molar-refractivity contribution >= 4 is 28.1 Å². The highest BCUT2D eigenvalue weighted by Crippen LogP contribution is 2.38. The number of nitrogens with zero attached hydrogens (tertiary/aromatic N) is 1. The van der Waals surface area contributed by atoms with Crippen molar-refractivity contribution in [3.05, 3.63) is 100 Å². The van der Waals surface area contributed by atoms with E-state index < -0.39 is 6.04 Å². The SMILES string of the molecule is Cc1ccnc(N[C@H](c2ccccc2F)c2cc(C)sc2NC(=O)c2ccco2)c1. The summed E-state index contributed by atoms with van der Waals surface area (Å²) in [6.45, 7) is 3.91. The molecule has 0 saturated carbocycles. The van der Waals surface area contributed by atoms with Gasteiger partial charge in [0.25, 0.3) is 5.91 Å². The van der Waals surface area contributed by atoms with Gasteiger partial charge < -0.3 is 15.1 Å². The number of carbonyl (C=O) groups is 1. The fraction of sp³-hybridized carbons (Fsp3) is 0.130. The predicted molar refractivity (Wildman–Crippen MR) is 117 cm³/mol. The summed E-state index contributed by atoms with van der Waals surface area (Å²) in [5.74, 6) is 0.136. The number of hydrogen-bond donors (Lipinski definition) is 2. The molecular weight excluding hydrogens is 401 g/mol. The van der Waals surface area contributed by atoms with Crippen LogP contribution in [0.2, 0.25) is 0 Å². The van der Waals surface area contributed by atoms with Crippen molar-refractivity contribution in [2.45, 2.75) is 19.9 Å². The van der Waals surface area contributed by atoms with Crippen molar-refractivity contribution in [3.8, 4) is 0 Å². The molecule has 7 heteroatoms. The van der Waals surface area contributed by atoms with Gasteiger partial charge in [0.15, 0.2) is 5.76 Å². The van der Waals surface area contributed by atoms with Gasteiger partial charge in [-0.05, 0) is 55.8 Å². The number of aryl methyl sites for hydroxylation is 2. The largest absolute Gasteiger partial charge is 0.459 e. The number of pyridine rings is 1. The zero-order chi connectivity index (χ0) is 21.1. The molecule has 0 aliphatic rings. The van der Waals surface area contributed by atoms with Gasteiger partial charge in [0.1, 0.15) is 16.6 Å². The molecular formula is C23H20FN3O2S. The number of aromatic nitrogens is 1. The van der Waals surface area contributed by atoms with E-state index in [-0.39, 0.29) is 17.5 Å². The average molecular weight is 421 g/mol. The number of carbonyl (C=O) groups excluding carboxylic acids is 1. The van der Waals surface area contributed by atoms with E-state index in [1.807, 2.05) is 32.0 Å². The van der Waals surface area contributed by atoms with Gasteiger partial charge in [0.2, 0.25) is 0 Å². The van der Waals surface area contributed by atoms with E-state index in [9.17, 15) is 9.18 Å². The minimum absolute atomic E-state index is 0.211. The van der Waals surface area contributed by atoms with E-state index in [4.69, 9.17) is 4.42 Å². The summed E-state index contributed by atoms with van der Waals surface area (Å²) in [6, 6.07) is 15.0. The Balaban J connectivity index is 1.75. The lowest BCUT2D eigenvalue weighted by Crippen LogP contribution is -2.17. The number of benzene rings is 1.